The summed E-state index contributed by atoms with van der Waals surface area (Å²) >= 11 is 0. The molecule has 0 unspecified atom stereocenters. The van der Waals surface area contributed by atoms with Gasteiger partial charge in [-0.15, -0.1) is 12.4 Å². The number of carbonyl (C=O) groups excluding carboxylic acids is 1. The minimum atomic E-state index is -0.243. The minimum absolute atomic E-state index is 0. The third kappa shape index (κ3) is 6.85. The van der Waals surface area contributed by atoms with Gasteiger partial charge in [-0.3, -0.25) is 9.69 Å². The van der Waals surface area contributed by atoms with E-state index in [2.05, 4.69) is 30.5 Å². The maximum atomic E-state index is 12.9. The number of hydrogen-bond donors (Lipinski definition) is 2. The minimum Gasteiger partial charge on any atom is -0.492 e. The number of nitrogens with one attached hydrogen (secondary N) is 1. The number of nitrogens with two attached hydrogens (primary N) is 1. The second kappa shape index (κ2) is 13.5. The van der Waals surface area contributed by atoms with E-state index in [9.17, 15) is 4.79 Å². The Labute approximate surface area is 253 Å². The second-order valence-corrected chi connectivity index (χ2v) is 9.60. The number of benzene rings is 2. The molecule has 1 amide bonds. The Morgan fingerprint density at radius 1 is 1.07 bits per heavy atom. The Morgan fingerprint density at radius 2 is 1.88 bits per heavy atom. The van der Waals surface area contributed by atoms with E-state index in [0.29, 0.717) is 53.1 Å². The average molecular weight is 607 g/mol. The molecule has 43 heavy (non-hydrogen) atoms. The number of carbonyl (C=O) groups is 1. The summed E-state index contributed by atoms with van der Waals surface area (Å²) in [5, 5.41) is 10.4. The van der Waals surface area contributed by atoms with E-state index in [4.69, 9.17) is 24.6 Å². The van der Waals surface area contributed by atoms with Crippen LogP contribution in [-0.2, 0) is 11.3 Å². The van der Waals surface area contributed by atoms with E-state index < -0.39 is 0 Å². The third-order valence-corrected chi connectivity index (χ3v) is 6.86. The number of hydrogen-bond acceptors (Lipinski definition) is 11. The first-order chi connectivity index (χ1) is 20.6. The standard InChI is InChI=1S/C29H30N8O5.ClH/c1-2-37-24-17-25(31-18-23(24)33-28(37)26-27(30)35-42-34-26)41-22-5-3-4-20(16-22)32-29(38)19-6-8-21(9-7-19)40-15-12-36-10-13-39-14-11-36;/h3-9,16-18H,2,10-15H2,1H3,(H2,30,35)(H,32,38);1H. The molecule has 0 bridgehead atoms. The molecule has 2 aromatic carbocycles. The van der Waals surface area contributed by atoms with E-state index in [-0.39, 0.29) is 24.1 Å². The number of aromatic nitrogens is 5. The molecule has 224 valence electrons. The van der Waals surface area contributed by atoms with Gasteiger partial charge in [0.05, 0.1) is 24.9 Å². The zero-order valence-corrected chi connectivity index (χ0v) is 24.2. The van der Waals surface area contributed by atoms with E-state index in [1.165, 1.54) is 0 Å². The van der Waals surface area contributed by atoms with Crippen molar-refractivity contribution >= 4 is 40.9 Å². The molecule has 1 aliphatic heterocycles. The van der Waals surface area contributed by atoms with Crippen LogP contribution in [0.15, 0.2) is 65.4 Å². The second-order valence-electron chi connectivity index (χ2n) is 9.60. The van der Waals surface area contributed by atoms with Crippen LogP contribution in [0.25, 0.3) is 22.6 Å². The Bertz CT molecular complexity index is 1680. The summed E-state index contributed by atoms with van der Waals surface area (Å²) in [4.78, 5) is 24.2. The van der Waals surface area contributed by atoms with Crippen LogP contribution in [-0.4, -0.2) is 75.1 Å². The third-order valence-electron chi connectivity index (χ3n) is 6.86. The lowest BCUT2D eigenvalue weighted by atomic mass is 10.2. The first-order valence-corrected chi connectivity index (χ1v) is 13.6. The van der Waals surface area contributed by atoms with Gasteiger partial charge in [-0.25, -0.2) is 14.6 Å². The maximum absolute atomic E-state index is 12.9. The van der Waals surface area contributed by atoms with Crippen LogP contribution in [0.1, 0.15) is 17.3 Å². The number of fused-ring (bicyclic) bond motifs is 1. The van der Waals surface area contributed by atoms with Crippen molar-refractivity contribution in [2.24, 2.45) is 0 Å². The molecule has 1 saturated heterocycles. The van der Waals surface area contributed by atoms with Crippen molar-refractivity contribution < 1.29 is 23.6 Å². The fraction of sp³-hybridized carbons (Fsp3) is 0.276. The molecule has 1 aliphatic rings. The summed E-state index contributed by atoms with van der Waals surface area (Å²) in [7, 11) is 0. The lowest BCUT2D eigenvalue weighted by molar-refractivity contribution is 0.0322. The fourth-order valence-corrected chi connectivity index (χ4v) is 4.70. The van der Waals surface area contributed by atoms with Crippen LogP contribution in [0.3, 0.4) is 0 Å². The molecule has 13 nitrogen and oxygen atoms in total. The number of pyridine rings is 1. The van der Waals surface area contributed by atoms with Crippen LogP contribution in [0.4, 0.5) is 11.5 Å². The Morgan fingerprint density at radius 3 is 2.63 bits per heavy atom. The quantitative estimate of drug-likeness (QED) is 0.234. The Hall–Kier alpha value is -4.72. The van der Waals surface area contributed by atoms with Gasteiger partial charge < -0.3 is 29.8 Å². The molecule has 0 atom stereocenters. The molecule has 3 N–H and O–H groups in total. The summed E-state index contributed by atoms with van der Waals surface area (Å²) in [5.74, 6) is 2.04. The average Bonchev–Trinajstić information content (AvgIpc) is 3.60. The van der Waals surface area contributed by atoms with Crippen molar-refractivity contribution in [3.05, 3.63) is 66.4 Å². The lowest BCUT2D eigenvalue weighted by Crippen LogP contribution is -2.38. The SMILES string of the molecule is CCn1c(-c2nonc2N)nc2cnc(Oc3cccc(NC(=O)c4ccc(OCCN5CCOCC5)cc4)c3)cc21.Cl. The molecule has 0 saturated carbocycles. The molecule has 14 heteroatoms. The first-order valence-electron chi connectivity index (χ1n) is 13.6. The van der Waals surface area contributed by atoms with Crippen molar-refractivity contribution in [1.82, 2.24) is 29.7 Å². The van der Waals surface area contributed by atoms with Crippen LogP contribution in [0.5, 0.6) is 17.4 Å². The van der Waals surface area contributed by atoms with Crippen LogP contribution < -0.4 is 20.5 Å². The van der Waals surface area contributed by atoms with Gasteiger partial charge in [-0.05, 0) is 53.6 Å². The van der Waals surface area contributed by atoms with E-state index in [1.807, 2.05) is 11.5 Å². The molecule has 0 radical (unpaired) electrons. The summed E-state index contributed by atoms with van der Waals surface area (Å²) in [6.45, 7) is 7.37. The molecular formula is C29H31ClN8O5. The molecule has 6 rings (SSSR count). The lowest BCUT2D eigenvalue weighted by Gasteiger charge is -2.26. The molecule has 0 aliphatic carbocycles. The van der Waals surface area contributed by atoms with Crippen LogP contribution in [0.2, 0.25) is 0 Å². The van der Waals surface area contributed by atoms with E-state index in [0.717, 1.165) is 44.1 Å². The molecule has 3 aromatic heterocycles. The number of nitrogens with zero attached hydrogens (tertiary/aromatic N) is 6. The largest absolute Gasteiger partial charge is 0.492 e. The van der Waals surface area contributed by atoms with E-state index >= 15 is 0 Å². The predicted molar refractivity (Wildman–Crippen MR) is 162 cm³/mol. The number of halogens is 1. The van der Waals surface area contributed by atoms with E-state index in [1.54, 1.807) is 60.8 Å². The zero-order valence-electron chi connectivity index (χ0n) is 23.4. The van der Waals surface area contributed by atoms with Crippen molar-refractivity contribution in [3.8, 4) is 28.9 Å². The van der Waals surface area contributed by atoms with Gasteiger partial charge in [0.15, 0.2) is 17.3 Å². The van der Waals surface area contributed by atoms with Crippen LogP contribution >= 0.6 is 12.4 Å². The molecule has 1 fully saturated rings. The molecule has 4 heterocycles. The number of rotatable bonds is 10. The predicted octanol–water partition coefficient (Wildman–Crippen LogP) is 4.26. The highest BCUT2D eigenvalue weighted by molar-refractivity contribution is 6.04. The van der Waals surface area contributed by atoms with Gasteiger partial charge in [0.25, 0.3) is 5.91 Å². The van der Waals surface area contributed by atoms with Crippen molar-refractivity contribution in [2.45, 2.75) is 13.5 Å². The molecule has 5 aromatic rings. The van der Waals surface area contributed by atoms with Gasteiger partial charge >= 0.3 is 0 Å². The maximum Gasteiger partial charge on any atom is 0.255 e. The summed E-state index contributed by atoms with van der Waals surface area (Å²) < 4.78 is 23.9. The smallest absolute Gasteiger partial charge is 0.255 e. The molecular weight excluding hydrogens is 576 g/mol. The summed E-state index contributed by atoms with van der Waals surface area (Å²) in [6, 6.07) is 16.0. The Kier molecular flexibility index (Phi) is 9.35. The van der Waals surface area contributed by atoms with Crippen LogP contribution in [0, 0.1) is 0 Å². The molecule has 0 spiro atoms. The topological polar surface area (TPSA) is 156 Å². The van der Waals surface area contributed by atoms with Crippen molar-refractivity contribution in [1.29, 1.82) is 0 Å². The van der Waals surface area contributed by atoms with Crippen molar-refractivity contribution in [3.63, 3.8) is 0 Å². The number of imidazole rings is 1. The highest BCUT2D eigenvalue weighted by Crippen LogP contribution is 2.30. The number of amides is 1. The fourth-order valence-electron chi connectivity index (χ4n) is 4.70. The van der Waals surface area contributed by atoms with Crippen molar-refractivity contribution in [2.75, 3.05) is 50.5 Å². The number of anilines is 2. The number of morpholine rings is 1. The number of aryl methyl sites for hydroxylation is 1. The van der Waals surface area contributed by atoms with Gasteiger partial charge in [0.1, 0.15) is 23.6 Å². The van der Waals surface area contributed by atoms with Gasteiger partial charge in [0.2, 0.25) is 5.88 Å². The summed E-state index contributed by atoms with van der Waals surface area (Å²) in [5.41, 5.74) is 8.78. The van der Waals surface area contributed by atoms with Gasteiger partial charge in [-0.2, -0.15) is 0 Å². The normalized spacial score (nSPS) is 13.4. The number of nitrogen functional groups attached to an aromatic ring is 1. The highest BCUT2D eigenvalue weighted by atomic mass is 35.5. The van der Waals surface area contributed by atoms with Gasteiger partial charge in [0, 0.05) is 49.6 Å². The summed E-state index contributed by atoms with van der Waals surface area (Å²) in [6.07, 6.45) is 1.62. The Balaban J connectivity index is 0.00000368. The number of ether oxygens (including phenoxy) is 3. The zero-order chi connectivity index (χ0) is 28.9. The monoisotopic (exact) mass is 606 g/mol. The highest BCUT2D eigenvalue weighted by Gasteiger charge is 2.19. The van der Waals surface area contributed by atoms with Gasteiger partial charge in [-0.1, -0.05) is 6.07 Å². The first kappa shape index (κ1) is 29.8.